The first kappa shape index (κ1) is 11.2. The minimum Gasteiger partial charge on any atom is -0.361 e. The van der Waals surface area contributed by atoms with E-state index in [0.717, 1.165) is 10.9 Å². The van der Waals surface area contributed by atoms with Gasteiger partial charge in [0, 0.05) is 35.6 Å². The first-order chi connectivity index (χ1) is 8.31. The minimum absolute atomic E-state index is 0.0916. The fraction of sp³-hybridized carbons (Fsp3) is 0.231. The third kappa shape index (κ3) is 2.64. The van der Waals surface area contributed by atoms with Gasteiger partial charge in [-0.05, 0) is 30.7 Å². The van der Waals surface area contributed by atoms with E-state index < -0.39 is 0 Å². The van der Waals surface area contributed by atoms with Crippen molar-refractivity contribution >= 4 is 16.8 Å². The molecule has 0 atom stereocenters. The highest BCUT2D eigenvalue weighted by Crippen LogP contribution is 2.14. The van der Waals surface area contributed by atoms with Gasteiger partial charge in [0.25, 0.3) is 5.91 Å². The molecule has 0 aliphatic rings. The van der Waals surface area contributed by atoms with Crippen molar-refractivity contribution in [1.82, 2.24) is 10.3 Å². The number of nitrogens with one attached hydrogen (secondary N) is 2. The number of carbonyl (C=O) groups is 1. The van der Waals surface area contributed by atoms with Crippen LogP contribution in [-0.2, 0) is 0 Å². The SMILES string of the molecule is N#CCCCNC(=O)c1ccc2[nH]ccc2c1. The van der Waals surface area contributed by atoms with Crippen molar-refractivity contribution in [2.75, 3.05) is 6.54 Å². The second-order valence-corrected chi connectivity index (χ2v) is 3.80. The number of aromatic amines is 1. The fourth-order valence-electron chi connectivity index (χ4n) is 1.67. The van der Waals surface area contributed by atoms with E-state index in [-0.39, 0.29) is 5.91 Å². The Hall–Kier alpha value is -2.28. The number of carbonyl (C=O) groups excluding carboxylic acids is 1. The number of H-pyrrole nitrogens is 1. The van der Waals surface area contributed by atoms with Crippen LogP contribution in [0.1, 0.15) is 23.2 Å². The van der Waals surface area contributed by atoms with Crippen LogP contribution in [0.25, 0.3) is 10.9 Å². The van der Waals surface area contributed by atoms with Crippen molar-refractivity contribution in [3.8, 4) is 6.07 Å². The second-order valence-electron chi connectivity index (χ2n) is 3.80. The van der Waals surface area contributed by atoms with E-state index in [0.29, 0.717) is 24.9 Å². The summed E-state index contributed by atoms with van der Waals surface area (Å²) in [5.74, 6) is -0.0916. The number of amides is 1. The van der Waals surface area contributed by atoms with Gasteiger partial charge in [-0.15, -0.1) is 0 Å². The number of nitrogens with zero attached hydrogens (tertiary/aromatic N) is 1. The van der Waals surface area contributed by atoms with E-state index in [9.17, 15) is 4.79 Å². The molecule has 17 heavy (non-hydrogen) atoms. The maximum atomic E-state index is 11.8. The summed E-state index contributed by atoms with van der Waals surface area (Å²) in [4.78, 5) is 14.8. The molecule has 0 aliphatic carbocycles. The number of rotatable bonds is 4. The Bertz CT molecular complexity index is 565. The number of hydrogen-bond donors (Lipinski definition) is 2. The van der Waals surface area contributed by atoms with Crippen molar-refractivity contribution in [1.29, 1.82) is 5.26 Å². The van der Waals surface area contributed by atoms with Crippen LogP contribution < -0.4 is 5.32 Å². The Kier molecular flexibility index (Phi) is 3.41. The van der Waals surface area contributed by atoms with E-state index >= 15 is 0 Å². The largest absolute Gasteiger partial charge is 0.361 e. The lowest BCUT2D eigenvalue weighted by Gasteiger charge is -2.03. The monoisotopic (exact) mass is 227 g/mol. The lowest BCUT2D eigenvalue weighted by atomic mass is 10.1. The summed E-state index contributed by atoms with van der Waals surface area (Å²) in [5, 5.41) is 12.2. The summed E-state index contributed by atoms with van der Waals surface area (Å²) < 4.78 is 0. The van der Waals surface area contributed by atoms with Crippen LogP contribution in [0.2, 0.25) is 0 Å². The van der Waals surface area contributed by atoms with Crippen LogP contribution >= 0.6 is 0 Å². The molecule has 4 heteroatoms. The van der Waals surface area contributed by atoms with E-state index in [1.54, 1.807) is 6.07 Å². The number of benzene rings is 1. The van der Waals surface area contributed by atoms with Gasteiger partial charge in [0.15, 0.2) is 0 Å². The number of unbranched alkanes of at least 4 members (excludes halogenated alkanes) is 1. The standard InChI is InChI=1S/C13H13N3O/c14-6-1-2-7-16-13(17)11-3-4-12-10(9-11)5-8-15-12/h3-5,8-9,15H,1-2,7H2,(H,16,17). The van der Waals surface area contributed by atoms with Gasteiger partial charge < -0.3 is 10.3 Å². The van der Waals surface area contributed by atoms with Gasteiger partial charge in [-0.3, -0.25) is 4.79 Å². The van der Waals surface area contributed by atoms with Crippen LogP contribution in [0.3, 0.4) is 0 Å². The Morgan fingerprint density at radius 2 is 2.29 bits per heavy atom. The number of nitriles is 1. The number of aromatic nitrogens is 1. The molecule has 2 rings (SSSR count). The van der Waals surface area contributed by atoms with Crippen LogP contribution in [0.4, 0.5) is 0 Å². The van der Waals surface area contributed by atoms with Crippen molar-refractivity contribution in [3.63, 3.8) is 0 Å². The predicted octanol–water partition coefficient (Wildman–Crippen LogP) is 2.20. The second kappa shape index (κ2) is 5.17. The molecule has 0 saturated heterocycles. The van der Waals surface area contributed by atoms with E-state index in [4.69, 9.17) is 5.26 Å². The molecule has 1 aromatic heterocycles. The average Bonchev–Trinajstić information content (AvgIpc) is 2.81. The third-order valence-electron chi connectivity index (χ3n) is 2.57. The van der Waals surface area contributed by atoms with E-state index in [1.165, 1.54) is 0 Å². The lowest BCUT2D eigenvalue weighted by Crippen LogP contribution is -2.24. The van der Waals surface area contributed by atoms with Crippen LogP contribution in [0, 0.1) is 11.3 Å². The third-order valence-corrected chi connectivity index (χ3v) is 2.57. The summed E-state index contributed by atoms with van der Waals surface area (Å²) in [6, 6.07) is 9.51. The highest BCUT2D eigenvalue weighted by Gasteiger charge is 2.05. The Labute approximate surface area is 99.3 Å². The van der Waals surface area contributed by atoms with Gasteiger partial charge in [0.2, 0.25) is 0 Å². The molecule has 1 amide bonds. The summed E-state index contributed by atoms with van der Waals surface area (Å²) in [6.07, 6.45) is 3.00. The molecule has 1 aromatic carbocycles. The molecule has 0 saturated carbocycles. The van der Waals surface area contributed by atoms with Gasteiger partial charge >= 0.3 is 0 Å². The quantitative estimate of drug-likeness (QED) is 0.786. The smallest absolute Gasteiger partial charge is 0.251 e. The van der Waals surface area contributed by atoms with Gasteiger partial charge in [0.05, 0.1) is 6.07 Å². The van der Waals surface area contributed by atoms with Crippen molar-refractivity contribution in [3.05, 3.63) is 36.0 Å². The average molecular weight is 227 g/mol. The fourth-order valence-corrected chi connectivity index (χ4v) is 1.67. The molecule has 2 aromatic rings. The number of fused-ring (bicyclic) bond motifs is 1. The molecule has 1 heterocycles. The molecule has 0 aliphatic heterocycles. The van der Waals surface area contributed by atoms with Crippen molar-refractivity contribution in [2.24, 2.45) is 0 Å². The van der Waals surface area contributed by atoms with E-state index in [1.807, 2.05) is 30.5 Å². The maximum absolute atomic E-state index is 11.8. The molecule has 2 N–H and O–H groups in total. The molecule has 0 fully saturated rings. The highest BCUT2D eigenvalue weighted by atomic mass is 16.1. The van der Waals surface area contributed by atoms with Crippen LogP contribution in [-0.4, -0.2) is 17.4 Å². The van der Waals surface area contributed by atoms with Crippen molar-refractivity contribution < 1.29 is 4.79 Å². The normalized spacial score (nSPS) is 10.1. The molecule has 0 radical (unpaired) electrons. The Morgan fingerprint density at radius 3 is 3.12 bits per heavy atom. The molecule has 0 bridgehead atoms. The Balaban J connectivity index is 2.01. The predicted molar refractivity (Wildman–Crippen MR) is 65.5 cm³/mol. The zero-order valence-electron chi connectivity index (χ0n) is 9.36. The van der Waals surface area contributed by atoms with E-state index in [2.05, 4.69) is 10.3 Å². The summed E-state index contributed by atoms with van der Waals surface area (Å²) >= 11 is 0. The zero-order valence-corrected chi connectivity index (χ0v) is 9.36. The molecule has 4 nitrogen and oxygen atoms in total. The van der Waals surface area contributed by atoms with Gasteiger partial charge in [-0.25, -0.2) is 0 Å². The highest BCUT2D eigenvalue weighted by molar-refractivity contribution is 5.98. The topological polar surface area (TPSA) is 68.7 Å². The van der Waals surface area contributed by atoms with Gasteiger partial charge in [-0.1, -0.05) is 0 Å². The van der Waals surface area contributed by atoms with Crippen LogP contribution in [0.15, 0.2) is 30.5 Å². The van der Waals surface area contributed by atoms with Gasteiger partial charge in [-0.2, -0.15) is 5.26 Å². The molecule has 86 valence electrons. The first-order valence-corrected chi connectivity index (χ1v) is 5.53. The van der Waals surface area contributed by atoms with Crippen LogP contribution in [0.5, 0.6) is 0 Å². The Morgan fingerprint density at radius 1 is 1.41 bits per heavy atom. The molecule has 0 unspecified atom stereocenters. The maximum Gasteiger partial charge on any atom is 0.251 e. The van der Waals surface area contributed by atoms with Crippen molar-refractivity contribution in [2.45, 2.75) is 12.8 Å². The molecular formula is C13H13N3O. The molecular weight excluding hydrogens is 214 g/mol. The summed E-state index contributed by atoms with van der Waals surface area (Å²) in [7, 11) is 0. The summed E-state index contributed by atoms with van der Waals surface area (Å²) in [5.41, 5.74) is 1.67. The lowest BCUT2D eigenvalue weighted by molar-refractivity contribution is 0.0953. The van der Waals surface area contributed by atoms with Gasteiger partial charge in [0.1, 0.15) is 0 Å². The summed E-state index contributed by atoms with van der Waals surface area (Å²) in [6.45, 7) is 0.539. The molecule has 0 spiro atoms. The first-order valence-electron chi connectivity index (χ1n) is 5.53. The zero-order chi connectivity index (χ0) is 12.1. The number of hydrogen-bond acceptors (Lipinski definition) is 2. The minimum atomic E-state index is -0.0916.